The first-order valence-electron chi connectivity index (χ1n) is 8.78. The molecule has 0 radical (unpaired) electrons. The van der Waals surface area contributed by atoms with Gasteiger partial charge < -0.3 is 15.0 Å². The third kappa shape index (κ3) is 3.25. The summed E-state index contributed by atoms with van der Waals surface area (Å²) in [5.74, 6) is 1.28. The molecule has 1 saturated carbocycles. The van der Waals surface area contributed by atoms with E-state index in [0.717, 1.165) is 47.2 Å². The molecule has 1 fully saturated rings. The van der Waals surface area contributed by atoms with Crippen LogP contribution in [0.2, 0.25) is 0 Å². The number of aromatic amines is 1. The third-order valence-electron chi connectivity index (χ3n) is 4.80. The van der Waals surface area contributed by atoms with Gasteiger partial charge in [-0.15, -0.1) is 0 Å². The van der Waals surface area contributed by atoms with Crippen molar-refractivity contribution in [3.8, 4) is 17.0 Å². The molecular weight excluding hydrogens is 312 g/mol. The van der Waals surface area contributed by atoms with Crippen molar-refractivity contribution in [1.29, 1.82) is 0 Å². The summed E-state index contributed by atoms with van der Waals surface area (Å²) in [5, 5.41) is 4.22. The molecule has 0 bridgehead atoms. The summed E-state index contributed by atoms with van der Waals surface area (Å²) in [6.45, 7) is 0.652. The monoisotopic (exact) mass is 334 g/mol. The average Bonchev–Trinajstić information content (AvgIpc) is 3.45. The molecule has 1 heterocycles. The van der Waals surface area contributed by atoms with Crippen LogP contribution in [0.25, 0.3) is 22.2 Å². The number of methoxy groups -OCH3 is 1. The summed E-state index contributed by atoms with van der Waals surface area (Å²) in [6, 6.07) is 16.4. The quantitative estimate of drug-likeness (QED) is 0.718. The number of fused-ring (bicyclic) bond motifs is 1. The maximum absolute atomic E-state index is 11.9. The topological polar surface area (TPSA) is 54.1 Å². The van der Waals surface area contributed by atoms with Gasteiger partial charge in [0.15, 0.2) is 0 Å². The second-order valence-electron chi connectivity index (χ2n) is 6.57. The van der Waals surface area contributed by atoms with Crippen LogP contribution in [0.15, 0.2) is 48.5 Å². The standard InChI is InChI=1S/C21H22N2O2/c1-25-16-9-10-19-18(13-16)17(11-12-22-21(24)15-7-8-15)20(23-19)14-5-3-2-4-6-14/h2-6,9-10,13,15,23H,7-8,11-12H2,1H3,(H,22,24). The molecule has 128 valence electrons. The van der Waals surface area contributed by atoms with Gasteiger partial charge in [-0.25, -0.2) is 0 Å². The van der Waals surface area contributed by atoms with Gasteiger partial charge in [0, 0.05) is 29.1 Å². The Morgan fingerprint density at radius 3 is 2.72 bits per heavy atom. The van der Waals surface area contributed by atoms with Gasteiger partial charge in [0.1, 0.15) is 5.75 Å². The van der Waals surface area contributed by atoms with Crippen molar-refractivity contribution >= 4 is 16.8 Å². The smallest absolute Gasteiger partial charge is 0.223 e. The summed E-state index contributed by atoms with van der Waals surface area (Å²) in [4.78, 5) is 15.5. The first kappa shape index (κ1) is 15.8. The van der Waals surface area contributed by atoms with Gasteiger partial charge in [0.2, 0.25) is 5.91 Å². The first-order chi connectivity index (χ1) is 12.3. The molecule has 2 aromatic carbocycles. The van der Waals surface area contributed by atoms with Gasteiger partial charge in [-0.1, -0.05) is 30.3 Å². The van der Waals surface area contributed by atoms with Gasteiger partial charge >= 0.3 is 0 Å². The molecule has 1 aromatic heterocycles. The minimum absolute atomic E-state index is 0.193. The number of amides is 1. The average molecular weight is 334 g/mol. The number of carbonyl (C=O) groups excluding carboxylic acids is 1. The number of hydrogen-bond donors (Lipinski definition) is 2. The van der Waals surface area contributed by atoms with Crippen molar-refractivity contribution in [2.45, 2.75) is 19.3 Å². The zero-order valence-corrected chi connectivity index (χ0v) is 14.3. The van der Waals surface area contributed by atoms with E-state index >= 15 is 0 Å². The van der Waals surface area contributed by atoms with E-state index in [9.17, 15) is 4.79 Å². The third-order valence-corrected chi connectivity index (χ3v) is 4.80. The van der Waals surface area contributed by atoms with Gasteiger partial charge in [-0.05, 0) is 48.6 Å². The van der Waals surface area contributed by atoms with Crippen LogP contribution in [0.5, 0.6) is 5.75 Å². The number of benzene rings is 2. The molecule has 2 N–H and O–H groups in total. The molecular formula is C21H22N2O2. The Kier molecular flexibility index (Phi) is 4.18. The lowest BCUT2D eigenvalue weighted by atomic mass is 10.0. The number of aromatic nitrogens is 1. The van der Waals surface area contributed by atoms with Crippen molar-refractivity contribution in [3.05, 3.63) is 54.1 Å². The lowest BCUT2D eigenvalue weighted by molar-refractivity contribution is -0.122. The largest absolute Gasteiger partial charge is 0.497 e. The Bertz CT molecular complexity index is 895. The predicted molar refractivity (Wildman–Crippen MR) is 99.7 cm³/mol. The fraction of sp³-hybridized carbons (Fsp3) is 0.286. The molecule has 0 spiro atoms. The summed E-state index contributed by atoms with van der Waals surface area (Å²) in [6.07, 6.45) is 2.85. The Hall–Kier alpha value is -2.75. The molecule has 4 nitrogen and oxygen atoms in total. The maximum Gasteiger partial charge on any atom is 0.223 e. The number of hydrogen-bond acceptors (Lipinski definition) is 2. The van der Waals surface area contributed by atoms with E-state index in [1.54, 1.807) is 7.11 Å². The van der Waals surface area contributed by atoms with Crippen molar-refractivity contribution < 1.29 is 9.53 Å². The molecule has 4 heteroatoms. The lowest BCUT2D eigenvalue weighted by Gasteiger charge is -2.07. The Morgan fingerprint density at radius 1 is 1.20 bits per heavy atom. The van der Waals surface area contributed by atoms with E-state index in [-0.39, 0.29) is 11.8 Å². The Morgan fingerprint density at radius 2 is 2.00 bits per heavy atom. The van der Waals surface area contributed by atoms with Crippen molar-refractivity contribution in [2.24, 2.45) is 5.92 Å². The fourth-order valence-electron chi connectivity index (χ4n) is 3.27. The van der Waals surface area contributed by atoms with Gasteiger partial charge in [0.05, 0.1) is 7.11 Å². The van der Waals surface area contributed by atoms with Crippen LogP contribution in [0.4, 0.5) is 0 Å². The fourth-order valence-corrected chi connectivity index (χ4v) is 3.27. The Labute approximate surface area is 147 Å². The van der Waals surface area contributed by atoms with Gasteiger partial charge in [0.25, 0.3) is 0 Å². The number of carbonyl (C=O) groups is 1. The molecule has 0 atom stereocenters. The lowest BCUT2D eigenvalue weighted by Crippen LogP contribution is -2.27. The minimum Gasteiger partial charge on any atom is -0.497 e. The van der Waals surface area contributed by atoms with Crippen molar-refractivity contribution in [1.82, 2.24) is 10.3 Å². The van der Waals surface area contributed by atoms with Crippen molar-refractivity contribution in [2.75, 3.05) is 13.7 Å². The van der Waals surface area contributed by atoms with Crippen LogP contribution in [0, 0.1) is 5.92 Å². The van der Waals surface area contributed by atoms with E-state index in [0.29, 0.717) is 6.54 Å². The SMILES string of the molecule is COc1ccc2[nH]c(-c3ccccc3)c(CCNC(=O)C3CC3)c2c1. The second-order valence-corrected chi connectivity index (χ2v) is 6.57. The zero-order valence-electron chi connectivity index (χ0n) is 14.3. The van der Waals surface area contributed by atoms with E-state index in [2.05, 4.69) is 28.5 Å². The van der Waals surface area contributed by atoms with Crippen LogP contribution < -0.4 is 10.1 Å². The normalized spacial score (nSPS) is 13.8. The van der Waals surface area contributed by atoms with Gasteiger partial charge in [-0.2, -0.15) is 0 Å². The molecule has 0 saturated heterocycles. The summed E-state index contributed by atoms with van der Waals surface area (Å²) >= 11 is 0. The molecule has 4 rings (SSSR count). The van der Waals surface area contributed by atoms with Crippen LogP contribution in [0.3, 0.4) is 0 Å². The minimum atomic E-state index is 0.193. The Balaban J connectivity index is 1.68. The number of H-pyrrole nitrogens is 1. The summed E-state index contributed by atoms with van der Waals surface area (Å²) in [7, 11) is 1.68. The van der Waals surface area contributed by atoms with Crippen LogP contribution in [0.1, 0.15) is 18.4 Å². The van der Waals surface area contributed by atoms with E-state index in [1.165, 1.54) is 5.56 Å². The predicted octanol–water partition coefficient (Wildman–Crippen LogP) is 3.91. The molecule has 3 aromatic rings. The van der Waals surface area contributed by atoms with Gasteiger partial charge in [-0.3, -0.25) is 4.79 Å². The zero-order chi connectivity index (χ0) is 17.2. The second kappa shape index (κ2) is 6.63. The molecule has 1 aliphatic carbocycles. The highest BCUT2D eigenvalue weighted by atomic mass is 16.5. The number of rotatable bonds is 6. The van der Waals surface area contributed by atoms with Crippen LogP contribution in [-0.2, 0) is 11.2 Å². The molecule has 1 amide bonds. The first-order valence-corrected chi connectivity index (χ1v) is 8.78. The molecule has 1 aliphatic rings. The van der Waals surface area contributed by atoms with Crippen LogP contribution >= 0.6 is 0 Å². The van der Waals surface area contributed by atoms with E-state index in [4.69, 9.17) is 4.74 Å². The highest BCUT2D eigenvalue weighted by Gasteiger charge is 2.29. The highest BCUT2D eigenvalue weighted by molar-refractivity contribution is 5.92. The maximum atomic E-state index is 11.9. The molecule has 0 unspecified atom stereocenters. The summed E-state index contributed by atoms with van der Waals surface area (Å²) < 4.78 is 5.39. The van der Waals surface area contributed by atoms with Crippen molar-refractivity contribution in [3.63, 3.8) is 0 Å². The van der Waals surface area contributed by atoms with E-state index in [1.807, 2.05) is 30.3 Å². The highest BCUT2D eigenvalue weighted by Crippen LogP contribution is 2.33. The summed E-state index contributed by atoms with van der Waals surface area (Å²) in [5.41, 5.74) is 4.57. The van der Waals surface area contributed by atoms with Crippen LogP contribution in [-0.4, -0.2) is 24.5 Å². The molecule has 0 aliphatic heterocycles. The number of ether oxygens (including phenoxy) is 1. The molecule has 25 heavy (non-hydrogen) atoms. The van der Waals surface area contributed by atoms with E-state index < -0.39 is 0 Å². The number of nitrogens with one attached hydrogen (secondary N) is 2.